The summed E-state index contributed by atoms with van der Waals surface area (Å²) in [5.74, 6) is -0.492. The Morgan fingerprint density at radius 2 is 1.86 bits per heavy atom. The van der Waals surface area contributed by atoms with Crippen LogP contribution >= 0.6 is 15.9 Å². The van der Waals surface area contributed by atoms with Crippen molar-refractivity contribution in [2.75, 3.05) is 6.54 Å². The molecule has 0 saturated carbocycles. The monoisotopic (exact) mass is 355 g/mol. The average Bonchev–Trinajstić information content (AvgIpc) is 2.37. The minimum Gasteiger partial charge on any atom is -0.481 e. The lowest BCUT2D eigenvalue weighted by Crippen LogP contribution is -2.32. The van der Waals surface area contributed by atoms with Gasteiger partial charge in [0.25, 0.3) is 0 Å². The van der Waals surface area contributed by atoms with E-state index in [2.05, 4.69) is 35.1 Å². The van der Waals surface area contributed by atoms with Crippen LogP contribution in [0.15, 0.2) is 28.7 Å². The molecule has 0 heterocycles. The van der Waals surface area contributed by atoms with Crippen molar-refractivity contribution >= 4 is 27.8 Å². The maximum Gasteiger partial charge on any atom is 0.303 e. The number of amides is 1. The zero-order valence-corrected chi connectivity index (χ0v) is 14.0. The molecule has 0 spiro atoms. The van der Waals surface area contributed by atoms with Gasteiger partial charge in [0.1, 0.15) is 0 Å². The minimum atomic E-state index is -0.817. The molecule has 21 heavy (non-hydrogen) atoms. The van der Waals surface area contributed by atoms with E-state index in [4.69, 9.17) is 5.11 Å². The van der Waals surface area contributed by atoms with Gasteiger partial charge >= 0.3 is 5.97 Å². The van der Waals surface area contributed by atoms with E-state index in [1.165, 1.54) is 0 Å². The highest BCUT2D eigenvalue weighted by atomic mass is 79.9. The number of aliphatic carboxylic acids is 1. The topological polar surface area (TPSA) is 66.4 Å². The van der Waals surface area contributed by atoms with E-state index in [-0.39, 0.29) is 18.2 Å². The van der Waals surface area contributed by atoms with E-state index in [0.29, 0.717) is 18.9 Å². The van der Waals surface area contributed by atoms with Gasteiger partial charge in [0.05, 0.1) is 6.42 Å². The second-order valence-corrected chi connectivity index (χ2v) is 6.62. The standard InChI is InChI=1S/C16H22BrNO3/c1-11(2)7-13(9-16(20)21)10-18-15(19)8-12-3-5-14(17)6-4-12/h3-6,11,13H,7-10H2,1-2H3,(H,18,19)(H,20,21). The molecule has 1 aromatic rings. The van der Waals surface area contributed by atoms with Gasteiger partial charge < -0.3 is 10.4 Å². The van der Waals surface area contributed by atoms with Crippen molar-refractivity contribution in [1.29, 1.82) is 0 Å². The Kier molecular flexibility index (Phi) is 7.43. The molecular formula is C16H22BrNO3. The first-order valence-electron chi connectivity index (χ1n) is 7.09. The molecule has 0 fully saturated rings. The Hall–Kier alpha value is -1.36. The summed E-state index contributed by atoms with van der Waals surface area (Å²) in [6.07, 6.45) is 1.20. The summed E-state index contributed by atoms with van der Waals surface area (Å²) in [5, 5.41) is 11.7. The number of benzene rings is 1. The smallest absolute Gasteiger partial charge is 0.303 e. The molecule has 0 aliphatic carbocycles. The number of hydrogen-bond donors (Lipinski definition) is 2. The van der Waals surface area contributed by atoms with Crippen LogP contribution < -0.4 is 5.32 Å². The molecule has 116 valence electrons. The lowest BCUT2D eigenvalue weighted by molar-refractivity contribution is -0.138. The van der Waals surface area contributed by atoms with Gasteiger partial charge in [-0.25, -0.2) is 0 Å². The Morgan fingerprint density at radius 3 is 2.38 bits per heavy atom. The van der Waals surface area contributed by atoms with Crippen LogP contribution in [0.4, 0.5) is 0 Å². The molecule has 5 heteroatoms. The molecule has 0 bridgehead atoms. The third-order valence-corrected chi connectivity index (χ3v) is 3.66. The number of carboxylic acid groups (broad SMARTS) is 1. The second-order valence-electron chi connectivity index (χ2n) is 5.70. The molecule has 1 atom stereocenters. The van der Waals surface area contributed by atoms with E-state index >= 15 is 0 Å². The normalized spacial score (nSPS) is 12.2. The first-order chi connectivity index (χ1) is 9.86. The summed E-state index contributed by atoms with van der Waals surface area (Å²) in [5.41, 5.74) is 0.939. The van der Waals surface area contributed by atoms with Gasteiger partial charge in [0.15, 0.2) is 0 Å². The molecule has 1 amide bonds. The van der Waals surface area contributed by atoms with Gasteiger partial charge in [-0.2, -0.15) is 0 Å². The first-order valence-corrected chi connectivity index (χ1v) is 7.89. The van der Waals surface area contributed by atoms with E-state index in [0.717, 1.165) is 16.5 Å². The number of halogens is 1. The Labute approximate surface area is 134 Å². The quantitative estimate of drug-likeness (QED) is 0.752. The molecule has 1 aromatic carbocycles. The second kappa shape index (κ2) is 8.82. The van der Waals surface area contributed by atoms with Crippen molar-refractivity contribution < 1.29 is 14.7 Å². The van der Waals surface area contributed by atoms with Crippen LogP contribution in [-0.4, -0.2) is 23.5 Å². The highest BCUT2D eigenvalue weighted by Gasteiger charge is 2.16. The predicted molar refractivity (Wildman–Crippen MR) is 86.1 cm³/mol. The maximum atomic E-state index is 11.9. The third-order valence-electron chi connectivity index (χ3n) is 3.13. The zero-order chi connectivity index (χ0) is 15.8. The van der Waals surface area contributed by atoms with Gasteiger partial charge in [-0.3, -0.25) is 9.59 Å². The van der Waals surface area contributed by atoms with Crippen molar-refractivity contribution in [3.63, 3.8) is 0 Å². The summed E-state index contributed by atoms with van der Waals surface area (Å²) in [6.45, 7) is 4.52. The summed E-state index contributed by atoms with van der Waals surface area (Å²) in [4.78, 5) is 22.7. The predicted octanol–water partition coefficient (Wildman–Crippen LogP) is 3.24. The molecule has 0 aliphatic rings. The van der Waals surface area contributed by atoms with Crippen LogP contribution in [-0.2, 0) is 16.0 Å². The zero-order valence-electron chi connectivity index (χ0n) is 12.4. The number of carbonyl (C=O) groups excluding carboxylic acids is 1. The summed E-state index contributed by atoms with van der Waals surface area (Å²) < 4.78 is 0.977. The summed E-state index contributed by atoms with van der Waals surface area (Å²) >= 11 is 3.35. The number of nitrogens with one attached hydrogen (secondary N) is 1. The van der Waals surface area contributed by atoms with Gasteiger partial charge in [0, 0.05) is 17.4 Å². The van der Waals surface area contributed by atoms with E-state index in [1.54, 1.807) is 0 Å². The van der Waals surface area contributed by atoms with Crippen LogP contribution in [0.3, 0.4) is 0 Å². The van der Waals surface area contributed by atoms with Crippen LogP contribution in [0.2, 0.25) is 0 Å². The first kappa shape index (κ1) is 17.7. The molecule has 1 rings (SSSR count). The molecule has 0 aromatic heterocycles. The van der Waals surface area contributed by atoms with Crippen molar-refractivity contribution in [3.8, 4) is 0 Å². The Bertz CT molecular complexity index is 471. The number of carbonyl (C=O) groups is 2. The van der Waals surface area contributed by atoms with Crippen molar-refractivity contribution in [3.05, 3.63) is 34.3 Å². The lowest BCUT2D eigenvalue weighted by atomic mass is 9.94. The van der Waals surface area contributed by atoms with Crippen molar-refractivity contribution in [2.24, 2.45) is 11.8 Å². The fraction of sp³-hybridized carbons (Fsp3) is 0.500. The van der Waals surface area contributed by atoms with Crippen LogP contribution in [0.25, 0.3) is 0 Å². The molecule has 1 unspecified atom stereocenters. The number of rotatable bonds is 8. The van der Waals surface area contributed by atoms with Crippen molar-refractivity contribution in [1.82, 2.24) is 5.32 Å². The SMILES string of the molecule is CC(C)CC(CNC(=O)Cc1ccc(Br)cc1)CC(=O)O. The maximum absolute atomic E-state index is 11.9. The molecule has 2 N–H and O–H groups in total. The van der Waals surface area contributed by atoms with Gasteiger partial charge in [0.2, 0.25) is 5.91 Å². The minimum absolute atomic E-state index is 0.0173. The fourth-order valence-electron chi connectivity index (χ4n) is 2.26. The van der Waals surface area contributed by atoms with E-state index in [1.807, 2.05) is 24.3 Å². The lowest BCUT2D eigenvalue weighted by Gasteiger charge is -2.17. The number of hydrogen-bond acceptors (Lipinski definition) is 2. The van der Waals surface area contributed by atoms with Crippen LogP contribution in [0.5, 0.6) is 0 Å². The van der Waals surface area contributed by atoms with Crippen molar-refractivity contribution in [2.45, 2.75) is 33.1 Å². The third kappa shape index (κ3) is 7.85. The largest absolute Gasteiger partial charge is 0.481 e. The molecule has 0 aliphatic heterocycles. The summed E-state index contributed by atoms with van der Waals surface area (Å²) in [6, 6.07) is 7.59. The van der Waals surface area contributed by atoms with Gasteiger partial charge in [-0.15, -0.1) is 0 Å². The molecular weight excluding hydrogens is 334 g/mol. The van der Waals surface area contributed by atoms with Gasteiger partial charge in [-0.05, 0) is 36.0 Å². The van der Waals surface area contributed by atoms with E-state index in [9.17, 15) is 9.59 Å². The molecule has 0 radical (unpaired) electrons. The number of carboxylic acids is 1. The highest BCUT2D eigenvalue weighted by Crippen LogP contribution is 2.15. The Balaban J connectivity index is 2.44. The molecule has 0 saturated heterocycles. The van der Waals surface area contributed by atoms with Crippen LogP contribution in [0.1, 0.15) is 32.3 Å². The van der Waals surface area contributed by atoms with Gasteiger partial charge in [-0.1, -0.05) is 41.9 Å². The Morgan fingerprint density at radius 1 is 1.24 bits per heavy atom. The molecule has 4 nitrogen and oxygen atoms in total. The fourth-order valence-corrected chi connectivity index (χ4v) is 2.53. The van der Waals surface area contributed by atoms with E-state index < -0.39 is 5.97 Å². The summed E-state index contributed by atoms with van der Waals surface area (Å²) in [7, 11) is 0. The highest BCUT2D eigenvalue weighted by molar-refractivity contribution is 9.10. The van der Waals surface area contributed by atoms with Crippen LogP contribution in [0, 0.1) is 11.8 Å². The average molecular weight is 356 g/mol.